The summed E-state index contributed by atoms with van der Waals surface area (Å²) in [6.45, 7) is 9.41. The quantitative estimate of drug-likeness (QED) is 0.126. The van der Waals surface area contributed by atoms with Crippen LogP contribution in [0.15, 0.2) is 91.5 Å². The zero-order valence-electron chi connectivity index (χ0n) is 24.7. The van der Waals surface area contributed by atoms with Crippen molar-refractivity contribution < 1.29 is 35.7 Å². The summed E-state index contributed by atoms with van der Waals surface area (Å²) in [5.74, 6) is -0.872. The fourth-order valence-electron chi connectivity index (χ4n) is 5.09. The minimum absolute atomic E-state index is 0. The molecule has 1 fully saturated rings. The second-order valence-corrected chi connectivity index (χ2v) is 11.0. The summed E-state index contributed by atoms with van der Waals surface area (Å²) >= 11 is 0. The lowest BCUT2D eigenvalue weighted by molar-refractivity contribution is -0.166. The van der Waals surface area contributed by atoms with E-state index in [1.165, 1.54) is 18.2 Å². The third kappa shape index (κ3) is 10.1. The van der Waals surface area contributed by atoms with Crippen molar-refractivity contribution >= 4 is 5.69 Å². The lowest BCUT2D eigenvalue weighted by Gasteiger charge is -2.31. The standard InChI is InChI=1S/C34H38F5N3O2.3H2/c1-22-7-9-25(10-8-22)31(26-11-13-27(35)14-12-26)17-23(2)42-33-6-4-5-32(36)30(33)16-15-29-19-41-28(20-43-29)18-40-24(3)44-21-34(37,38)39;;;/h4-14,28-29,31,40-42H,2-3,15-21H2,1H3;3*1H/t28-,29-,31?;;;/m1.../s1. The number of aryl methyl sites for hydroxylation is 1. The van der Waals surface area contributed by atoms with Crippen LogP contribution in [-0.2, 0) is 15.9 Å². The Morgan fingerprint density at radius 1 is 1.05 bits per heavy atom. The van der Waals surface area contributed by atoms with Crippen LogP contribution in [0.1, 0.15) is 45.3 Å². The van der Waals surface area contributed by atoms with Gasteiger partial charge in [0, 0.05) is 46.3 Å². The number of morpholine rings is 1. The van der Waals surface area contributed by atoms with E-state index in [1.54, 1.807) is 18.2 Å². The molecule has 1 unspecified atom stereocenters. The molecule has 1 aliphatic rings. The fourth-order valence-corrected chi connectivity index (χ4v) is 5.09. The molecule has 4 rings (SSSR count). The Morgan fingerprint density at radius 2 is 1.73 bits per heavy atom. The van der Waals surface area contributed by atoms with Gasteiger partial charge < -0.3 is 25.4 Å². The molecule has 0 amide bonds. The predicted octanol–water partition coefficient (Wildman–Crippen LogP) is 8.09. The monoisotopic (exact) mass is 621 g/mol. The number of alkyl halides is 3. The summed E-state index contributed by atoms with van der Waals surface area (Å²) in [6, 6.07) is 19.4. The summed E-state index contributed by atoms with van der Waals surface area (Å²) in [7, 11) is 0. The van der Waals surface area contributed by atoms with Crippen molar-refractivity contribution in [2.24, 2.45) is 0 Å². The number of halogens is 5. The second kappa shape index (κ2) is 15.2. The van der Waals surface area contributed by atoms with Crippen molar-refractivity contribution in [1.82, 2.24) is 10.6 Å². The van der Waals surface area contributed by atoms with Crippen molar-refractivity contribution in [1.29, 1.82) is 0 Å². The number of hydrogen-bond acceptors (Lipinski definition) is 5. The molecule has 3 aromatic rings. The van der Waals surface area contributed by atoms with Gasteiger partial charge in [-0.3, -0.25) is 0 Å². The molecule has 44 heavy (non-hydrogen) atoms. The summed E-state index contributed by atoms with van der Waals surface area (Å²) in [5, 5.41) is 9.35. The molecule has 5 nitrogen and oxygen atoms in total. The molecule has 0 bridgehead atoms. The highest BCUT2D eigenvalue weighted by molar-refractivity contribution is 5.55. The summed E-state index contributed by atoms with van der Waals surface area (Å²) in [6.07, 6.45) is -3.12. The first kappa shape index (κ1) is 33.0. The largest absolute Gasteiger partial charge is 0.470 e. The van der Waals surface area contributed by atoms with Gasteiger partial charge in [-0.2, -0.15) is 13.2 Å². The van der Waals surface area contributed by atoms with Crippen molar-refractivity contribution in [3.05, 3.63) is 125 Å². The number of anilines is 1. The average Bonchev–Trinajstić information content (AvgIpc) is 2.99. The first-order valence-electron chi connectivity index (χ1n) is 14.5. The molecule has 0 aliphatic carbocycles. The molecule has 0 aromatic heterocycles. The maximum atomic E-state index is 15.0. The highest BCUT2D eigenvalue weighted by Gasteiger charge is 2.29. The number of nitrogens with one attached hydrogen (secondary N) is 3. The van der Waals surface area contributed by atoms with E-state index in [-0.39, 0.29) is 46.4 Å². The molecule has 3 aromatic carbocycles. The number of hydrogen-bond donors (Lipinski definition) is 3. The Kier molecular flexibility index (Phi) is 11.4. The van der Waals surface area contributed by atoms with Gasteiger partial charge in [0.15, 0.2) is 12.5 Å². The van der Waals surface area contributed by atoms with Crippen LogP contribution >= 0.6 is 0 Å². The Labute approximate surface area is 259 Å². The van der Waals surface area contributed by atoms with Crippen molar-refractivity contribution in [3.8, 4) is 0 Å². The smallest absolute Gasteiger partial charge is 0.422 e. The highest BCUT2D eigenvalue weighted by Crippen LogP contribution is 2.32. The number of benzene rings is 3. The summed E-state index contributed by atoms with van der Waals surface area (Å²) in [4.78, 5) is 0. The molecule has 0 radical (unpaired) electrons. The van der Waals surface area contributed by atoms with Crippen LogP contribution in [0.3, 0.4) is 0 Å². The van der Waals surface area contributed by atoms with Gasteiger partial charge in [-0.25, -0.2) is 8.78 Å². The first-order valence-corrected chi connectivity index (χ1v) is 14.5. The molecule has 10 heteroatoms. The topological polar surface area (TPSA) is 54.5 Å². The van der Waals surface area contributed by atoms with Gasteiger partial charge in [-0.15, -0.1) is 0 Å². The Hall–Kier alpha value is -3.89. The molecular formula is C34H44F5N3O2. The normalized spacial score (nSPS) is 17.5. The third-order valence-electron chi connectivity index (χ3n) is 7.47. The zero-order chi connectivity index (χ0) is 31.7. The maximum absolute atomic E-state index is 15.0. The van der Waals surface area contributed by atoms with E-state index in [0.717, 1.165) is 16.7 Å². The lowest BCUT2D eigenvalue weighted by atomic mass is 9.87. The SMILES string of the molecule is C=C(CC(c1ccc(C)cc1)c1ccc(F)cc1)Nc1cccc(F)c1CC[C@@H]1CN[C@H](CNC(=C)OCC(F)(F)F)CO1.[HH].[HH].[HH]. The van der Waals surface area contributed by atoms with Gasteiger partial charge in [0.1, 0.15) is 11.6 Å². The second-order valence-electron chi connectivity index (χ2n) is 11.0. The van der Waals surface area contributed by atoms with Crippen LogP contribution in [0.5, 0.6) is 0 Å². The minimum atomic E-state index is -4.43. The third-order valence-corrected chi connectivity index (χ3v) is 7.47. The molecule has 0 spiro atoms. The Balaban J connectivity index is 0.00000368. The molecule has 1 saturated heterocycles. The fraction of sp³-hybridized carbons (Fsp3) is 0.353. The van der Waals surface area contributed by atoms with Gasteiger partial charge >= 0.3 is 6.18 Å². The van der Waals surface area contributed by atoms with E-state index >= 15 is 4.39 Å². The van der Waals surface area contributed by atoms with E-state index in [2.05, 4.69) is 46.0 Å². The van der Waals surface area contributed by atoms with E-state index < -0.39 is 12.8 Å². The van der Waals surface area contributed by atoms with E-state index in [0.29, 0.717) is 49.4 Å². The number of ether oxygens (including phenoxy) is 2. The van der Waals surface area contributed by atoms with Crippen LogP contribution in [-0.4, -0.2) is 44.6 Å². The zero-order valence-corrected chi connectivity index (χ0v) is 24.7. The van der Waals surface area contributed by atoms with Crippen molar-refractivity contribution in [2.45, 2.75) is 50.4 Å². The lowest BCUT2D eigenvalue weighted by Crippen LogP contribution is -2.50. The Bertz CT molecular complexity index is 1360. The van der Waals surface area contributed by atoms with Crippen LogP contribution in [0.2, 0.25) is 0 Å². The van der Waals surface area contributed by atoms with Crippen LogP contribution in [0.25, 0.3) is 0 Å². The highest BCUT2D eigenvalue weighted by atomic mass is 19.4. The molecule has 3 N–H and O–H groups in total. The van der Waals surface area contributed by atoms with Gasteiger partial charge in [-0.05, 0) is 68.2 Å². The average molecular weight is 622 g/mol. The molecule has 3 atom stereocenters. The Morgan fingerprint density at radius 3 is 2.36 bits per heavy atom. The molecule has 0 saturated carbocycles. The predicted molar refractivity (Wildman–Crippen MR) is 169 cm³/mol. The first-order chi connectivity index (χ1) is 21.0. The molecule has 242 valence electrons. The number of allylic oxidation sites excluding steroid dienone is 1. The van der Waals surface area contributed by atoms with Gasteiger partial charge in [0.05, 0.1) is 12.7 Å². The van der Waals surface area contributed by atoms with Gasteiger partial charge in [-0.1, -0.05) is 54.6 Å². The van der Waals surface area contributed by atoms with Gasteiger partial charge in [0.2, 0.25) is 0 Å². The molecular weight excluding hydrogens is 577 g/mol. The van der Waals surface area contributed by atoms with E-state index in [1.807, 2.05) is 25.1 Å². The number of rotatable bonds is 14. The van der Waals surface area contributed by atoms with Crippen molar-refractivity contribution in [2.75, 3.05) is 31.6 Å². The van der Waals surface area contributed by atoms with Crippen LogP contribution < -0.4 is 16.0 Å². The molecule has 1 heterocycles. The van der Waals surface area contributed by atoms with Crippen LogP contribution in [0.4, 0.5) is 27.6 Å². The van der Waals surface area contributed by atoms with Gasteiger partial charge in [0.25, 0.3) is 0 Å². The minimum Gasteiger partial charge on any atom is -0.470 e. The summed E-state index contributed by atoms with van der Waals surface area (Å²) in [5.41, 5.74) is 4.99. The van der Waals surface area contributed by atoms with Crippen LogP contribution in [0, 0.1) is 18.6 Å². The maximum Gasteiger partial charge on any atom is 0.422 e. The molecule has 1 aliphatic heterocycles. The van der Waals surface area contributed by atoms with E-state index in [9.17, 15) is 17.6 Å². The summed E-state index contributed by atoms with van der Waals surface area (Å²) < 4.78 is 76.1. The van der Waals surface area contributed by atoms with E-state index in [4.69, 9.17) is 4.74 Å². The van der Waals surface area contributed by atoms with Crippen molar-refractivity contribution in [3.63, 3.8) is 0 Å².